The van der Waals surface area contributed by atoms with Crippen LogP contribution in [0.15, 0.2) is 36.8 Å². The van der Waals surface area contributed by atoms with Gasteiger partial charge in [-0.2, -0.15) is 5.10 Å². The molecule has 5 N–H and O–H groups in total. The zero-order valence-electron chi connectivity index (χ0n) is 21.5. The van der Waals surface area contributed by atoms with Crippen molar-refractivity contribution >= 4 is 28.9 Å². The van der Waals surface area contributed by atoms with Crippen LogP contribution in [0.2, 0.25) is 0 Å². The summed E-state index contributed by atoms with van der Waals surface area (Å²) in [5.74, 6) is -1.06. The Kier molecular flexibility index (Phi) is 7.17. The number of anilines is 1. The Balaban J connectivity index is 1.66. The summed E-state index contributed by atoms with van der Waals surface area (Å²) in [6.45, 7) is 6.04. The molecule has 37 heavy (non-hydrogen) atoms. The Morgan fingerprint density at radius 1 is 1.22 bits per heavy atom. The molecular formula is C26H33N7O4. The summed E-state index contributed by atoms with van der Waals surface area (Å²) in [6.07, 6.45) is 6.33. The predicted octanol–water partition coefficient (Wildman–Crippen LogP) is 1.66. The summed E-state index contributed by atoms with van der Waals surface area (Å²) in [5, 5.41) is 20.6. The first kappa shape index (κ1) is 26.1. The molecule has 1 saturated heterocycles. The number of nitrogens with zero attached hydrogens (tertiary/aromatic N) is 4. The van der Waals surface area contributed by atoms with Gasteiger partial charge in [0.05, 0.1) is 23.0 Å². The SMILES string of the molecule is CC[C@H]1CN(C(=O)C(C)(C)O)CC[C@H]1Nc1c(C(N)=O)cnn2cc(-c3ccc(C(=O)NC)nc3)cc12. The maximum atomic E-state index is 12.6. The lowest BCUT2D eigenvalue weighted by atomic mass is 9.88. The van der Waals surface area contributed by atoms with Crippen LogP contribution in [0.1, 0.15) is 54.5 Å². The number of hydrogen-bond acceptors (Lipinski definition) is 7. The Morgan fingerprint density at radius 2 is 1.97 bits per heavy atom. The second-order valence-electron chi connectivity index (χ2n) is 9.89. The zero-order valence-corrected chi connectivity index (χ0v) is 21.5. The van der Waals surface area contributed by atoms with Gasteiger partial charge in [0.1, 0.15) is 11.3 Å². The van der Waals surface area contributed by atoms with Gasteiger partial charge in [0.25, 0.3) is 17.7 Å². The number of nitrogens with two attached hydrogens (primary N) is 1. The lowest BCUT2D eigenvalue weighted by Crippen LogP contribution is -2.53. The van der Waals surface area contributed by atoms with Crippen molar-refractivity contribution in [1.82, 2.24) is 24.8 Å². The largest absolute Gasteiger partial charge is 0.381 e. The molecule has 196 valence electrons. The van der Waals surface area contributed by atoms with E-state index in [9.17, 15) is 19.5 Å². The first-order chi connectivity index (χ1) is 17.5. The topological polar surface area (TPSA) is 155 Å². The fourth-order valence-electron chi connectivity index (χ4n) is 4.77. The van der Waals surface area contributed by atoms with Gasteiger partial charge < -0.3 is 26.4 Å². The molecule has 11 nitrogen and oxygen atoms in total. The van der Waals surface area contributed by atoms with Gasteiger partial charge in [-0.05, 0) is 44.7 Å². The van der Waals surface area contributed by atoms with Crippen LogP contribution in [0, 0.1) is 5.92 Å². The number of hydrogen-bond donors (Lipinski definition) is 4. The van der Waals surface area contributed by atoms with Gasteiger partial charge in [-0.3, -0.25) is 19.4 Å². The van der Waals surface area contributed by atoms with Crippen molar-refractivity contribution in [3.8, 4) is 11.1 Å². The summed E-state index contributed by atoms with van der Waals surface area (Å²) < 4.78 is 1.67. The molecule has 2 atom stereocenters. The maximum Gasteiger partial charge on any atom is 0.269 e. The number of likely N-dealkylation sites (tertiary alicyclic amines) is 1. The highest BCUT2D eigenvalue weighted by atomic mass is 16.3. The summed E-state index contributed by atoms with van der Waals surface area (Å²) >= 11 is 0. The highest BCUT2D eigenvalue weighted by Gasteiger charge is 2.36. The molecule has 4 rings (SSSR count). The van der Waals surface area contributed by atoms with E-state index in [4.69, 9.17) is 5.73 Å². The number of piperidine rings is 1. The molecule has 1 aliphatic rings. The van der Waals surface area contributed by atoms with E-state index in [-0.39, 0.29) is 29.3 Å². The average molecular weight is 508 g/mol. The molecule has 0 unspecified atom stereocenters. The Labute approximate surface area is 215 Å². The van der Waals surface area contributed by atoms with Gasteiger partial charge in [0, 0.05) is 49.7 Å². The molecule has 1 aliphatic heterocycles. The van der Waals surface area contributed by atoms with Crippen LogP contribution in [-0.4, -0.2) is 74.1 Å². The minimum absolute atomic E-state index is 0.0213. The number of pyridine rings is 1. The number of fused-ring (bicyclic) bond motifs is 1. The van der Waals surface area contributed by atoms with E-state index in [1.54, 1.807) is 34.8 Å². The van der Waals surface area contributed by atoms with Crippen LogP contribution in [0.4, 0.5) is 5.69 Å². The second-order valence-corrected chi connectivity index (χ2v) is 9.89. The summed E-state index contributed by atoms with van der Waals surface area (Å²) in [5.41, 5.74) is 7.71. The Morgan fingerprint density at radius 3 is 2.57 bits per heavy atom. The smallest absolute Gasteiger partial charge is 0.269 e. The number of nitrogens with one attached hydrogen (secondary N) is 2. The van der Waals surface area contributed by atoms with Crippen molar-refractivity contribution in [3.05, 3.63) is 48.0 Å². The van der Waals surface area contributed by atoms with Gasteiger partial charge in [0.2, 0.25) is 0 Å². The summed E-state index contributed by atoms with van der Waals surface area (Å²) in [6, 6.07) is 5.32. The van der Waals surface area contributed by atoms with E-state index in [1.165, 1.54) is 20.0 Å². The molecule has 3 aromatic heterocycles. The molecule has 0 spiro atoms. The van der Waals surface area contributed by atoms with E-state index in [1.807, 2.05) is 12.3 Å². The van der Waals surface area contributed by atoms with Crippen LogP contribution in [0.5, 0.6) is 0 Å². The number of carbonyl (C=O) groups excluding carboxylic acids is 3. The number of amides is 3. The van der Waals surface area contributed by atoms with Crippen LogP contribution in [-0.2, 0) is 4.79 Å². The average Bonchev–Trinajstić information content (AvgIpc) is 3.32. The van der Waals surface area contributed by atoms with E-state index < -0.39 is 11.5 Å². The van der Waals surface area contributed by atoms with Gasteiger partial charge in [0.15, 0.2) is 0 Å². The fraction of sp³-hybridized carbons (Fsp3) is 0.423. The number of carbonyl (C=O) groups is 3. The molecule has 3 aromatic rings. The first-order valence-corrected chi connectivity index (χ1v) is 12.3. The first-order valence-electron chi connectivity index (χ1n) is 12.3. The molecular weight excluding hydrogens is 474 g/mol. The zero-order chi connectivity index (χ0) is 26.9. The van der Waals surface area contributed by atoms with E-state index in [0.29, 0.717) is 36.4 Å². The van der Waals surface area contributed by atoms with Gasteiger partial charge in [-0.25, -0.2) is 4.52 Å². The fourth-order valence-corrected chi connectivity index (χ4v) is 4.77. The second kappa shape index (κ2) is 10.2. The third-order valence-electron chi connectivity index (χ3n) is 6.86. The standard InChI is InChI=1S/C26H33N7O4/c1-5-15-13-32(25(36)26(2,3)37)9-8-19(15)31-22-18(23(27)34)12-30-33-14-17(10-21(22)33)16-6-7-20(29-11-16)24(35)28-4/h6-7,10-12,14-15,19,31,37H,5,8-9,13H2,1-4H3,(H2,27,34)(H,28,35)/t15-,19+/m0/s1. The summed E-state index contributed by atoms with van der Waals surface area (Å²) in [7, 11) is 1.55. The molecule has 0 bridgehead atoms. The van der Waals surface area contributed by atoms with Gasteiger partial charge in [-0.1, -0.05) is 13.0 Å². The van der Waals surface area contributed by atoms with Crippen molar-refractivity contribution in [1.29, 1.82) is 0 Å². The minimum Gasteiger partial charge on any atom is -0.381 e. The monoisotopic (exact) mass is 507 g/mol. The predicted molar refractivity (Wildman–Crippen MR) is 139 cm³/mol. The number of primary amides is 1. The molecule has 0 aliphatic carbocycles. The van der Waals surface area contributed by atoms with Crippen LogP contribution < -0.4 is 16.4 Å². The normalized spacial score (nSPS) is 18.0. The number of aromatic nitrogens is 3. The van der Waals surface area contributed by atoms with Crippen LogP contribution in [0.3, 0.4) is 0 Å². The van der Waals surface area contributed by atoms with Crippen LogP contribution in [0.25, 0.3) is 16.6 Å². The quantitative estimate of drug-likeness (QED) is 0.379. The molecule has 3 amide bonds. The van der Waals surface area contributed by atoms with Crippen LogP contribution >= 0.6 is 0 Å². The van der Waals surface area contributed by atoms with Crippen molar-refractivity contribution in [2.24, 2.45) is 11.7 Å². The number of aliphatic hydroxyl groups is 1. The highest BCUT2D eigenvalue weighted by Crippen LogP contribution is 2.32. The van der Waals surface area contributed by atoms with Gasteiger partial charge >= 0.3 is 0 Å². The molecule has 0 radical (unpaired) electrons. The highest BCUT2D eigenvalue weighted by molar-refractivity contribution is 6.02. The lowest BCUT2D eigenvalue weighted by Gasteiger charge is -2.41. The summed E-state index contributed by atoms with van der Waals surface area (Å²) in [4.78, 5) is 42.7. The van der Waals surface area contributed by atoms with Gasteiger partial charge in [-0.15, -0.1) is 0 Å². The maximum absolute atomic E-state index is 12.6. The molecule has 11 heteroatoms. The molecule has 1 fully saturated rings. The third kappa shape index (κ3) is 5.26. The molecule has 4 heterocycles. The number of rotatable bonds is 7. The van der Waals surface area contributed by atoms with Crippen molar-refractivity contribution in [2.75, 3.05) is 25.5 Å². The Hall–Kier alpha value is -3.99. The molecule has 0 aromatic carbocycles. The van der Waals surface area contributed by atoms with E-state index >= 15 is 0 Å². The third-order valence-corrected chi connectivity index (χ3v) is 6.86. The van der Waals surface area contributed by atoms with Crippen molar-refractivity contribution < 1.29 is 19.5 Å². The molecule has 0 saturated carbocycles. The minimum atomic E-state index is -1.43. The van der Waals surface area contributed by atoms with E-state index in [0.717, 1.165) is 17.5 Å². The van der Waals surface area contributed by atoms with E-state index in [2.05, 4.69) is 27.6 Å². The Bertz CT molecular complexity index is 1330. The lowest BCUT2D eigenvalue weighted by molar-refractivity contribution is -0.149. The van der Waals surface area contributed by atoms with Crippen molar-refractivity contribution in [3.63, 3.8) is 0 Å². The van der Waals surface area contributed by atoms with Crippen molar-refractivity contribution in [2.45, 2.75) is 45.3 Å².